The van der Waals surface area contributed by atoms with Crippen molar-refractivity contribution in [2.45, 2.75) is 26.3 Å². The number of aromatic amines is 1. The monoisotopic (exact) mass is 290 g/mol. The van der Waals surface area contributed by atoms with Crippen LogP contribution in [0.15, 0.2) is 30.6 Å². The lowest BCUT2D eigenvalue weighted by Gasteiger charge is -2.14. The minimum absolute atomic E-state index is 0.0515. The van der Waals surface area contributed by atoms with Crippen molar-refractivity contribution < 1.29 is 9.66 Å². The van der Waals surface area contributed by atoms with E-state index in [1.165, 1.54) is 0 Å². The van der Waals surface area contributed by atoms with Crippen LogP contribution in [0.1, 0.15) is 32.1 Å². The Morgan fingerprint density at radius 3 is 2.95 bits per heavy atom. The van der Waals surface area contributed by atoms with Gasteiger partial charge in [-0.05, 0) is 25.5 Å². The first kappa shape index (κ1) is 14.8. The number of anilines is 1. The number of benzene rings is 1. The molecule has 0 bridgehead atoms. The van der Waals surface area contributed by atoms with Gasteiger partial charge in [-0.15, -0.1) is 0 Å². The van der Waals surface area contributed by atoms with Crippen molar-refractivity contribution in [3.05, 3.63) is 46.5 Å². The third-order valence-corrected chi connectivity index (χ3v) is 2.94. The van der Waals surface area contributed by atoms with Crippen molar-refractivity contribution in [2.75, 3.05) is 11.9 Å². The predicted molar refractivity (Wildman–Crippen MR) is 79.5 cm³/mol. The summed E-state index contributed by atoms with van der Waals surface area (Å²) in [4.78, 5) is 18.0. The van der Waals surface area contributed by atoms with Crippen LogP contribution < -0.4 is 10.1 Å². The van der Waals surface area contributed by atoms with Gasteiger partial charge < -0.3 is 15.0 Å². The number of H-pyrrole nitrogens is 1. The second kappa shape index (κ2) is 6.74. The number of nitrogens with zero attached hydrogens (tertiary/aromatic N) is 2. The minimum atomic E-state index is -0.428. The molecule has 0 fully saturated rings. The van der Waals surface area contributed by atoms with Gasteiger partial charge in [-0.2, -0.15) is 0 Å². The number of rotatable bonds is 7. The standard InChI is InChI=1S/C14H18N4O3/c1-3-9-21-12-6-4-5-11(13(12)18(19)20)17-10(2)14-15-7-8-16-14/h4-8,10,17H,3,9H2,1-2H3,(H,15,16). The van der Waals surface area contributed by atoms with Crippen molar-refractivity contribution in [1.29, 1.82) is 0 Å². The Labute approximate surface area is 122 Å². The zero-order chi connectivity index (χ0) is 15.2. The van der Waals surface area contributed by atoms with Crippen LogP contribution in [-0.4, -0.2) is 21.5 Å². The van der Waals surface area contributed by atoms with Crippen molar-refractivity contribution in [1.82, 2.24) is 9.97 Å². The number of nitrogens with one attached hydrogen (secondary N) is 2. The molecule has 112 valence electrons. The lowest BCUT2D eigenvalue weighted by molar-refractivity contribution is -0.385. The molecule has 0 spiro atoms. The molecule has 1 aromatic heterocycles. The van der Waals surface area contributed by atoms with Gasteiger partial charge in [0, 0.05) is 12.4 Å². The number of para-hydroxylation sites is 1. The average Bonchev–Trinajstić information content (AvgIpc) is 2.99. The van der Waals surface area contributed by atoms with Gasteiger partial charge in [0.15, 0.2) is 5.75 Å². The number of imidazole rings is 1. The zero-order valence-corrected chi connectivity index (χ0v) is 12.0. The van der Waals surface area contributed by atoms with Gasteiger partial charge in [0.2, 0.25) is 0 Å². The van der Waals surface area contributed by atoms with Crippen molar-refractivity contribution in [2.24, 2.45) is 0 Å². The van der Waals surface area contributed by atoms with E-state index in [-0.39, 0.29) is 17.5 Å². The molecule has 0 amide bonds. The van der Waals surface area contributed by atoms with Gasteiger partial charge in [0.25, 0.3) is 0 Å². The maximum Gasteiger partial charge on any atom is 0.333 e. The minimum Gasteiger partial charge on any atom is -0.487 e. The van der Waals surface area contributed by atoms with Crippen molar-refractivity contribution >= 4 is 11.4 Å². The predicted octanol–water partition coefficient (Wildman–Crippen LogP) is 3.28. The van der Waals surface area contributed by atoms with E-state index in [0.717, 1.165) is 6.42 Å². The second-order valence-electron chi connectivity index (χ2n) is 4.60. The van der Waals surface area contributed by atoms with Crippen molar-refractivity contribution in [3.8, 4) is 5.75 Å². The fourth-order valence-corrected chi connectivity index (χ4v) is 1.97. The molecule has 2 rings (SSSR count). The molecule has 2 N–H and O–H groups in total. The van der Waals surface area contributed by atoms with Gasteiger partial charge in [-0.25, -0.2) is 4.98 Å². The highest BCUT2D eigenvalue weighted by Crippen LogP contribution is 2.36. The number of ether oxygens (including phenoxy) is 1. The Bertz CT molecular complexity index is 598. The molecule has 2 aromatic rings. The van der Waals surface area contributed by atoms with Crippen LogP contribution in [-0.2, 0) is 0 Å². The quantitative estimate of drug-likeness (QED) is 0.603. The summed E-state index contributed by atoms with van der Waals surface area (Å²) in [5, 5.41) is 14.4. The Morgan fingerprint density at radius 1 is 1.52 bits per heavy atom. The van der Waals surface area contributed by atoms with Crippen molar-refractivity contribution in [3.63, 3.8) is 0 Å². The van der Waals surface area contributed by atoms with Crippen LogP contribution in [0.5, 0.6) is 5.75 Å². The first-order valence-electron chi connectivity index (χ1n) is 6.79. The fourth-order valence-electron chi connectivity index (χ4n) is 1.97. The first-order valence-corrected chi connectivity index (χ1v) is 6.79. The maximum atomic E-state index is 11.3. The number of aromatic nitrogens is 2. The summed E-state index contributed by atoms with van der Waals surface area (Å²) in [7, 11) is 0. The van der Waals surface area contributed by atoms with Gasteiger partial charge >= 0.3 is 5.69 Å². The third-order valence-electron chi connectivity index (χ3n) is 2.94. The molecule has 7 heteroatoms. The van der Waals surface area contributed by atoms with E-state index in [2.05, 4.69) is 15.3 Å². The van der Waals surface area contributed by atoms with Crippen LogP contribution >= 0.6 is 0 Å². The lowest BCUT2D eigenvalue weighted by Crippen LogP contribution is -2.10. The average molecular weight is 290 g/mol. The van der Waals surface area contributed by atoms with Gasteiger partial charge in [-0.3, -0.25) is 10.1 Å². The van der Waals surface area contributed by atoms with E-state index in [1.807, 2.05) is 13.8 Å². The largest absolute Gasteiger partial charge is 0.487 e. The summed E-state index contributed by atoms with van der Waals surface area (Å²) >= 11 is 0. The van der Waals surface area contributed by atoms with Crippen LogP contribution in [0.25, 0.3) is 0 Å². The van der Waals surface area contributed by atoms with E-state index >= 15 is 0 Å². The van der Waals surface area contributed by atoms with E-state index in [9.17, 15) is 10.1 Å². The van der Waals surface area contributed by atoms with Crippen LogP contribution in [0.3, 0.4) is 0 Å². The van der Waals surface area contributed by atoms with E-state index < -0.39 is 4.92 Å². The normalized spacial score (nSPS) is 11.9. The molecule has 1 unspecified atom stereocenters. The van der Waals surface area contributed by atoms with Crippen LogP contribution in [0.2, 0.25) is 0 Å². The summed E-state index contributed by atoms with van der Waals surface area (Å²) in [6.07, 6.45) is 4.14. The molecule has 0 aliphatic carbocycles. The summed E-state index contributed by atoms with van der Waals surface area (Å²) in [5.41, 5.74) is 0.363. The highest BCUT2D eigenvalue weighted by atomic mass is 16.6. The summed E-state index contributed by atoms with van der Waals surface area (Å²) < 4.78 is 5.46. The first-order chi connectivity index (χ1) is 10.1. The molecule has 0 radical (unpaired) electrons. The molecule has 0 aliphatic rings. The Morgan fingerprint density at radius 2 is 2.33 bits per heavy atom. The molecule has 7 nitrogen and oxygen atoms in total. The van der Waals surface area contributed by atoms with Gasteiger partial charge in [0.05, 0.1) is 17.6 Å². The number of hydrogen-bond acceptors (Lipinski definition) is 5. The van der Waals surface area contributed by atoms with E-state index in [4.69, 9.17) is 4.74 Å². The molecule has 1 aromatic carbocycles. The molecule has 0 aliphatic heterocycles. The summed E-state index contributed by atoms with van der Waals surface area (Å²) in [5.74, 6) is 0.989. The zero-order valence-electron chi connectivity index (χ0n) is 12.0. The third kappa shape index (κ3) is 3.50. The second-order valence-corrected chi connectivity index (χ2v) is 4.60. The Balaban J connectivity index is 2.27. The Hall–Kier alpha value is -2.57. The summed E-state index contributed by atoms with van der Waals surface area (Å²) in [6.45, 7) is 4.27. The molecule has 0 saturated heterocycles. The molecular weight excluding hydrogens is 272 g/mol. The molecule has 1 heterocycles. The highest BCUT2D eigenvalue weighted by Gasteiger charge is 2.22. The number of nitro groups is 1. The molecule has 21 heavy (non-hydrogen) atoms. The van der Waals surface area contributed by atoms with Crippen LogP contribution in [0, 0.1) is 10.1 Å². The van der Waals surface area contributed by atoms with Gasteiger partial charge in [-0.1, -0.05) is 13.0 Å². The fraction of sp³-hybridized carbons (Fsp3) is 0.357. The smallest absolute Gasteiger partial charge is 0.333 e. The van der Waals surface area contributed by atoms with Gasteiger partial charge in [0.1, 0.15) is 11.5 Å². The number of nitro benzene ring substituents is 1. The van der Waals surface area contributed by atoms with E-state index in [0.29, 0.717) is 18.1 Å². The molecule has 1 atom stereocenters. The Kier molecular flexibility index (Phi) is 4.76. The highest BCUT2D eigenvalue weighted by molar-refractivity contribution is 5.68. The molecular formula is C14H18N4O3. The number of hydrogen-bond donors (Lipinski definition) is 2. The summed E-state index contributed by atoms with van der Waals surface area (Å²) in [6, 6.07) is 4.82. The van der Waals surface area contributed by atoms with Crippen LogP contribution in [0.4, 0.5) is 11.4 Å². The topological polar surface area (TPSA) is 93.1 Å². The SMILES string of the molecule is CCCOc1cccc(NC(C)c2ncc[nH]2)c1[N+](=O)[O-]. The molecule has 0 saturated carbocycles. The van der Waals surface area contributed by atoms with E-state index in [1.54, 1.807) is 30.6 Å². The maximum absolute atomic E-state index is 11.3. The lowest BCUT2D eigenvalue weighted by atomic mass is 10.2.